The molecule has 2 atom stereocenters. The summed E-state index contributed by atoms with van der Waals surface area (Å²) < 4.78 is 20.0. The van der Waals surface area contributed by atoms with Crippen molar-refractivity contribution < 1.29 is 12.3 Å². The lowest BCUT2D eigenvalue weighted by atomic mass is 10.6. The highest BCUT2D eigenvalue weighted by molar-refractivity contribution is 7.80. The number of rotatable bonds is 18. The molecule has 0 saturated heterocycles. The third-order valence-electron chi connectivity index (χ3n) is 4.27. The molecule has 0 amide bonds. The molecule has 0 radical (unpaired) electrons. The SMILES string of the molecule is C[Si](C)(CCCS)O[SiH](CCCS)O[SiH](CCCS)O[Si](C)(C)CCCS. The summed E-state index contributed by atoms with van der Waals surface area (Å²) in [5, 5.41) is 0. The summed E-state index contributed by atoms with van der Waals surface area (Å²) in [6.07, 6.45) is 4.36. The lowest BCUT2D eigenvalue weighted by Gasteiger charge is -2.34. The van der Waals surface area contributed by atoms with Crippen LogP contribution in [0, 0.1) is 0 Å². The second-order valence-electron chi connectivity index (χ2n) is 8.14. The molecule has 0 bridgehead atoms. The van der Waals surface area contributed by atoms with Crippen molar-refractivity contribution in [3.05, 3.63) is 0 Å². The third kappa shape index (κ3) is 16.5. The van der Waals surface area contributed by atoms with Gasteiger partial charge >= 0.3 is 18.6 Å². The van der Waals surface area contributed by atoms with E-state index in [9.17, 15) is 0 Å². The first-order valence-corrected chi connectivity index (χ1v) is 22.4. The molecule has 0 aromatic carbocycles. The molecule has 0 aromatic heterocycles. The Bertz CT molecular complexity index is 337. The fourth-order valence-corrected chi connectivity index (χ4v) is 19.4. The van der Waals surface area contributed by atoms with Crippen molar-refractivity contribution in [2.75, 3.05) is 23.0 Å². The van der Waals surface area contributed by atoms with Gasteiger partial charge in [0.05, 0.1) is 0 Å². The molecule has 0 rings (SSSR count). The maximum Gasteiger partial charge on any atom is 0.302 e. The minimum atomic E-state index is -1.73. The fraction of sp³-hybridized carbons (Fsp3) is 1.00. The molecule has 2 unspecified atom stereocenters. The smallest absolute Gasteiger partial charge is 0.302 e. The van der Waals surface area contributed by atoms with Crippen molar-refractivity contribution in [1.82, 2.24) is 0 Å². The van der Waals surface area contributed by atoms with Crippen LogP contribution < -0.4 is 0 Å². The fourth-order valence-electron chi connectivity index (χ4n) is 2.83. The van der Waals surface area contributed by atoms with Crippen molar-refractivity contribution in [2.45, 2.75) is 76.0 Å². The summed E-state index contributed by atoms with van der Waals surface area (Å²) in [6.45, 7) is 9.27. The van der Waals surface area contributed by atoms with E-state index < -0.39 is 35.2 Å². The summed E-state index contributed by atoms with van der Waals surface area (Å²) in [5.74, 6) is 3.63. The number of hydrogen-bond donors (Lipinski definition) is 4. The van der Waals surface area contributed by atoms with Crippen molar-refractivity contribution in [2.24, 2.45) is 0 Å². The van der Waals surface area contributed by atoms with Gasteiger partial charge in [-0.1, -0.05) is 0 Å². The molecule has 0 N–H and O–H groups in total. The molecule has 0 fully saturated rings. The molecule has 0 spiro atoms. The summed E-state index contributed by atoms with van der Waals surface area (Å²) >= 11 is 17.5. The van der Waals surface area contributed by atoms with Crippen LogP contribution in [0.1, 0.15) is 25.7 Å². The van der Waals surface area contributed by atoms with Crippen LogP contribution in [0.5, 0.6) is 0 Å². The highest BCUT2D eigenvalue weighted by Crippen LogP contribution is 2.22. The van der Waals surface area contributed by atoms with Crippen LogP contribution in [-0.4, -0.2) is 58.2 Å². The molecule has 27 heavy (non-hydrogen) atoms. The predicted octanol–water partition coefficient (Wildman–Crippen LogP) is 5.17. The Morgan fingerprint density at radius 1 is 0.593 bits per heavy atom. The van der Waals surface area contributed by atoms with Gasteiger partial charge in [0.2, 0.25) is 0 Å². The summed E-state index contributed by atoms with van der Waals surface area (Å²) in [4.78, 5) is 0. The average molecular weight is 523 g/mol. The highest BCUT2D eigenvalue weighted by atomic mass is 32.1. The van der Waals surface area contributed by atoms with Crippen LogP contribution >= 0.6 is 50.5 Å². The average Bonchev–Trinajstić information content (AvgIpc) is 2.60. The Balaban J connectivity index is 4.99. The van der Waals surface area contributed by atoms with E-state index >= 15 is 0 Å². The van der Waals surface area contributed by atoms with E-state index in [1.165, 1.54) is 0 Å². The molecule has 0 aliphatic rings. The molecule has 164 valence electrons. The van der Waals surface area contributed by atoms with Crippen LogP contribution in [0.2, 0.25) is 50.4 Å². The van der Waals surface area contributed by atoms with E-state index in [2.05, 4.69) is 76.7 Å². The van der Waals surface area contributed by atoms with E-state index in [1.54, 1.807) is 0 Å². The lowest BCUT2D eigenvalue weighted by Crippen LogP contribution is -2.46. The van der Waals surface area contributed by atoms with Crippen molar-refractivity contribution in [1.29, 1.82) is 0 Å². The van der Waals surface area contributed by atoms with Crippen molar-refractivity contribution in [3.8, 4) is 0 Å². The van der Waals surface area contributed by atoms with Crippen molar-refractivity contribution in [3.63, 3.8) is 0 Å². The standard InChI is InChI=1S/C16H42O3S4Si4/c1-26(2,15-7-11-22)18-24(13-5-9-20)17-25(14-6-10-21)19-27(3,4)16-8-12-23/h20-25H,5-16H2,1-4H3. The van der Waals surface area contributed by atoms with Gasteiger partial charge < -0.3 is 12.3 Å². The zero-order valence-electron chi connectivity index (χ0n) is 17.7. The van der Waals surface area contributed by atoms with Gasteiger partial charge in [0.1, 0.15) is 0 Å². The van der Waals surface area contributed by atoms with E-state index in [0.29, 0.717) is 0 Å². The topological polar surface area (TPSA) is 27.7 Å². The molecule has 0 aliphatic carbocycles. The van der Waals surface area contributed by atoms with Gasteiger partial charge in [-0.3, -0.25) is 0 Å². The second-order valence-corrected chi connectivity index (χ2v) is 23.8. The largest absolute Gasteiger partial charge is 0.438 e. The zero-order valence-corrected chi connectivity index (χ0v) is 25.5. The van der Waals surface area contributed by atoms with Crippen LogP contribution in [0.25, 0.3) is 0 Å². The second kappa shape index (κ2) is 16.8. The molecule has 3 nitrogen and oxygen atoms in total. The normalized spacial score (nSPS) is 15.1. The first kappa shape index (κ1) is 29.1. The molecule has 0 aromatic rings. The summed E-state index contributed by atoms with van der Waals surface area (Å²) in [7, 11) is -6.86. The van der Waals surface area contributed by atoms with Crippen LogP contribution in [-0.2, 0) is 12.3 Å². The minimum absolute atomic E-state index is 0.890. The highest BCUT2D eigenvalue weighted by Gasteiger charge is 2.33. The molecular formula is C16H42O3S4Si4. The molecule has 0 saturated carbocycles. The quantitative estimate of drug-likeness (QED) is 0.148. The molecule has 11 heteroatoms. The zero-order chi connectivity index (χ0) is 20.8. The predicted molar refractivity (Wildman–Crippen MR) is 146 cm³/mol. The number of thiol groups is 4. The maximum absolute atomic E-state index is 6.68. The minimum Gasteiger partial charge on any atom is -0.438 e. The van der Waals surface area contributed by atoms with Gasteiger partial charge in [-0.15, -0.1) is 0 Å². The van der Waals surface area contributed by atoms with Crippen LogP contribution in [0.3, 0.4) is 0 Å². The van der Waals surface area contributed by atoms with Gasteiger partial charge in [-0.2, -0.15) is 50.5 Å². The van der Waals surface area contributed by atoms with E-state index in [1.807, 2.05) is 0 Å². The Kier molecular flexibility index (Phi) is 18.1. The Hall–Kier alpha value is 2.15. The maximum atomic E-state index is 6.68. The molecule has 0 aliphatic heterocycles. The van der Waals surface area contributed by atoms with E-state index in [0.717, 1.165) is 72.9 Å². The van der Waals surface area contributed by atoms with Gasteiger partial charge in [-0.05, 0) is 99.1 Å². The van der Waals surface area contributed by atoms with Gasteiger partial charge in [0.25, 0.3) is 0 Å². The van der Waals surface area contributed by atoms with Crippen molar-refractivity contribution >= 4 is 85.7 Å². The van der Waals surface area contributed by atoms with Gasteiger partial charge in [0.15, 0.2) is 16.6 Å². The lowest BCUT2D eigenvalue weighted by molar-refractivity contribution is 0.357. The van der Waals surface area contributed by atoms with Gasteiger partial charge in [-0.25, -0.2) is 0 Å². The third-order valence-corrected chi connectivity index (χ3v) is 20.1. The van der Waals surface area contributed by atoms with Gasteiger partial charge in [0, 0.05) is 0 Å². The first-order chi connectivity index (χ1) is 12.7. The number of hydrogen-bond acceptors (Lipinski definition) is 7. The Morgan fingerprint density at radius 3 is 1.22 bits per heavy atom. The Morgan fingerprint density at radius 2 is 0.926 bits per heavy atom. The Labute approximate surface area is 196 Å². The summed E-state index contributed by atoms with van der Waals surface area (Å²) in [5.41, 5.74) is 0. The van der Waals surface area contributed by atoms with Crippen LogP contribution in [0.15, 0.2) is 0 Å². The molecule has 0 heterocycles. The summed E-state index contributed by atoms with van der Waals surface area (Å²) in [6, 6.07) is 4.37. The first-order valence-electron chi connectivity index (χ1n) is 10.1. The van der Waals surface area contributed by atoms with Crippen LogP contribution in [0.4, 0.5) is 0 Å². The molecular weight excluding hydrogens is 481 g/mol. The van der Waals surface area contributed by atoms with E-state index in [4.69, 9.17) is 12.3 Å². The van der Waals surface area contributed by atoms with E-state index in [-0.39, 0.29) is 0 Å². The monoisotopic (exact) mass is 522 g/mol.